The number of oxazole rings is 1. The van der Waals surface area contributed by atoms with Crippen molar-refractivity contribution in [3.63, 3.8) is 0 Å². The number of unbranched alkanes of at least 4 members (excludes halogenated alkanes) is 5. The summed E-state index contributed by atoms with van der Waals surface area (Å²) in [6.45, 7) is 2.79. The molecule has 0 radical (unpaired) electrons. The third-order valence-electron chi connectivity index (χ3n) is 4.92. The number of ether oxygens (including phenoxy) is 2. The molecule has 0 unspecified atom stereocenters. The minimum Gasteiger partial charge on any atom is -0.493 e. The van der Waals surface area contributed by atoms with Crippen molar-refractivity contribution < 1.29 is 18.7 Å². The number of nitrogens with zero attached hydrogens (tertiary/aromatic N) is 2. The normalized spacial score (nSPS) is 10.6. The maximum Gasteiger partial charge on any atom is 0.412 e. The van der Waals surface area contributed by atoms with Gasteiger partial charge in [-0.05, 0) is 30.2 Å². The van der Waals surface area contributed by atoms with Crippen LogP contribution in [0.25, 0.3) is 22.6 Å². The summed E-state index contributed by atoms with van der Waals surface area (Å²) in [6, 6.07) is 7.34. The van der Waals surface area contributed by atoms with Crippen LogP contribution in [0.1, 0.15) is 45.4 Å². The Labute approximate surface area is 182 Å². The number of carbonyl (C=O) groups is 1. The molecule has 1 aromatic carbocycles. The molecule has 0 spiro atoms. The number of nitrogens with one attached hydrogen (secondary N) is 1. The number of aromatic nitrogens is 2. The van der Waals surface area contributed by atoms with Gasteiger partial charge in [0.15, 0.2) is 11.5 Å². The molecule has 0 saturated carbocycles. The van der Waals surface area contributed by atoms with E-state index in [9.17, 15) is 4.79 Å². The van der Waals surface area contributed by atoms with E-state index in [1.165, 1.54) is 31.9 Å². The molecule has 7 heteroatoms. The number of benzene rings is 1. The molecular weight excluding hydrogens is 394 g/mol. The fourth-order valence-electron chi connectivity index (χ4n) is 3.25. The lowest BCUT2D eigenvalue weighted by Crippen LogP contribution is -2.27. The first-order chi connectivity index (χ1) is 15.2. The van der Waals surface area contributed by atoms with Gasteiger partial charge in [-0.25, -0.2) is 9.78 Å². The average molecular weight is 424 g/mol. The molecule has 7 nitrogen and oxygen atoms in total. The van der Waals surface area contributed by atoms with E-state index in [1.807, 2.05) is 12.1 Å². The highest BCUT2D eigenvalue weighted by Crippen LogP contribution is 2.33. The first-order valence-electron chi connectivity index (χ1n) is 10.7. The van der Waals surface area contributed by atoms with Gasteiger partial charge in [-0.1, -0.05) is 45.1 Å². The van der Waals surface area contributed by atoms with Crippen LogP contribution in [0.15, 0.2) is 53.5 Å². The third kappa shape index (κ3) is 6.57. The van der Waals surface area contributed by atoms with Gasteiger partial charge in [0, 0.05) is 24.5 Å². The van der Waals surface area contributed by atoms with E-state index in [-0.39, 0.29) is 0 Å². The molecule has 0 aliphatic carbocycles. The Morgan fingerprint density at radius 2 is 1.81 bits per heavy atom. The molecule has 0 saturated heterocycles. The zero-order valence-electron chi connectivity index (χ0n) is 18.1. The van der Waals surface area contributed by atoms with Crippen molar-refractivity contribution in [3.05, 3.63) is 49.1 Å². The molecular formula is C24H29N3O4. The van der Waals surface area contributed by atoms with Crippen molar-refractivity contribution in [3.8, 4) is 34.1 Å². The number of methoxy groups -OCH3 is 1. The van der Waals surface area contributed by atoms with E-state index >= 15 is 0 Å². The summed E-state index contributed by atoms with van der Waals surface area (Å²) in [5, 5.41) is 2.81. The van der Waals surface area contributed by atoms with Crippen LogP contribution >= 0.6 is 0 Å². The Balaban J connectivity index is 1.63. The van der Waals surface area contributed by atoms with Crippen molar-refractivity contribution >= 4 is 6.09 Å². The molecule has 3 aromatic rings. The second kappa shape index (κ2) is 11.7. The lowest BCUT2D eigenvalue weighted by molar-refractivity contribution is 0.198. The summed E-state index contributed by atoms with van der Waals surface area (Å²) in [5.41, 5.74) is 2.44. The summed E-state index contributed by atoms with van der Waals surface area (Å²) in [7, 11) is 1.54. The first-order valence-corrected chi connectivity index (χ1v) is 10.7. The van der Waals surface area contributed by atoms with Crippen molar-refractivity contribution in [1.29, 1.82) is 0 Å². The first kappa shape index (κ1) is 22.3. The van der Waals surface area contributed by atoms with Crippen molar-refractivity contribution in [2.45, 2.75) is 45.4 Å². The summed E-state index contributed by atoms with van der Waals surface area (Å²) in [6.07, 6.45) is 13.0. The highest BCUT2D eigenvalue weighted by molar-refractivity contribution is 5.75. The molecule has 0 bridgehead atoms. The fourth-order valence-corrected chi connectivity index (χ4v) is 3.25. The minimum absolute atomic E-state index is 0.349. The number of hydrogen-bond donors (Lipinski definition) is 1. The van der Waals surface area contributed by atoms with Crippen LogP contribution in [0.2, 0.25) is 0 Å². The molecule has 164 valence electrons. The van der Waals surface area contributed by atoms with Gasteiger partial charge in [-0.3, -0.25) is 4.98 Å². The molecule has 1 amide bonds. The van der Waals surface area contributed by atoms with Gasteiger partial charge >= 0.3 is 6.09 Å². The molecule has 1 N–H and O–H groups in total. The lowest BCUT2D eigenvalue weighted by atomic mass is 10.1. The summed E-state index contributed by atoms with van der Waals surface area (Å²) in [4.78, 5) is 20.7. The highest BCUT2D eigenvalue weighted by Gasteiger charge is 2.13. The summed E-state index contributed by atoms with van der Waals surface area (Å²) in [5.74, 6) is 1.32. The monoisotopic (exact) mass is 423 g/mol. The van der Waals surface area contributed by atoms with Gasteiger partial charge in [0.25, 0.3) is 0 Å². The Morgan fingerprint density at radius 3 is 2.58 bits per heavy atom. The summed E-state index contributed by atoms with van der Waals surface area (Å²) < 4.78 is 16.2. The van der Waals surface area contributed by atoms with Crippen molar-refractivity contribution in [2.24, 2.45) is 0 Å². The van der Waals surface area contributed by atoms with E-state index < -0.39 is 6.09 Å². The van der Waals surface area contributed by atoms with Gasteiger partial charge in [-0.15, -0.1) is 0 Å². The van der Waals surface area contributed by atoms with E-state index in [0.717, 1.165) is 29.5 Å². The number of amides is 1. The fraction of sp³-hybridized carbons (Fsp3) is 0.375. The van der Waals surface area contributed by atoms with Crippen LogP contribution in [-0.4, -0.2) is 29.7 Å². The molecule has 31 heavy (non-hydrogen) atoms. The van der Waals surface area contributed by atoms with Crippen LogP contribution < -0.4 is 14.8 Å². The van der Waals surface area contributed by atoms with Gasteiger partial charge in [0.2, 0.25) is 5.89 Å². The number of rotatable bonds is 11. The van der Waals surface area contributed by atoms with Crippen molar-refractivity contribution in [2.75, 3.05) is 13.7 Å². The predicted molar refractivity (Wildman–Crippen MR) is 119 cm³/mol. The van der Waals surface area contributed by atoms with E-state index in [0.29, 0.717) is 23.9 Å². The van der Waals surface area contributed by atoms with Crippen LogP contribution in [0.3, 0.4) is 0 Å². The summed E-state index contributed by atoms with van der Waals surface area (Å²) >= 11 is 0. The van der Waals surface area contributed by atoms with Gasteiger partial charge in [-0.2, -0.15) is 0 Å². The standard InChI is InChI=1S/C24H29N3O4/c1-3-4-5-6-7-8-11-27-24(28)31-22-15-18(9-10-21(22)29-2)19-14-20(17-25-16-19)23-26-12-13-30-23/h9-10,12-17H,3-8,11H2,1-2H3,(H,27,28). The smallest absolute Gasteiger partial charge is 0.412 e. The van der Waals surface area contributed by atoms with Gasteiger partial charge < -0.3 is 19.2 Å². The number of pyridine rings is 1. The molecule has 0 atom stereocenters. The number of hydrogen-bond acceptors (Lipinski definition) is 6. The highest BCUT2D eigenvalue weighted by atomic mass is 16.6. The van der Waals surface area contributed by atoms with E-state index in [1.54, 1.807) is 37.8 Å². The van der Waals surface area contributed by atoms with Crippen LogP contribution in [0.4, 0.5) is 4.79 Å². The molecule has 0 fully saturated rings. The zero-order chi connectivity index (χ0) is 21.9. The maximum atomic E-state index is 12.3. The Bertz CT molecular complexity index is 957. The SMILES string of the molecule is CCCCCCCCNC(=O)Oc1cc(-c2cncc(-c3ncco3)c2)ccc1OC. The molecule has 3 rings (SSSR count). The van der Waals surface area contributed by atoms with E-state index in [4.69, 9.17) is 13.9 Å². The largest absolute Gasteiger partial charge is 0.493 e. The second-order valence-electron chi connectivity index (χ2n) is 7.25. The zero-order valence-corrected chi connectivity index (χ0v) is 18.1. The van der Waals surface area contributed by atoms with Gasteiger partial charge in [0.1, 0.15) is 6.26 Å². The van der Waals surface area contributed by atoms with E-state index in [2.05, 4.69) is 22.2 Å². The average Bonchev–Trinajstić information content (AvgIpc) is 3.34. The third-order valence-corrected chi connectivity index (χ3v) is 4.92. The molecule has 0 aliphatic heterocycles. The van der Waals surface area contributed by atoms with Gasteiger partial charge in [0.05, 0.1) is 18.9 Å². The molecule has 2 heterocycles. The number of carbonyl (C=O) groups excluding carboxylic acids is 1. The quantitative estimate of drug-likeness (QED) is 0.389. The van der Waals surface area contributed by atoms with Crippen LogP contribution in [-0.2, 0) is 0 Å². The van der Waals surface area contributed by atoms with Crippen LogP contribution in [0.5, 0.6) is 11.5 Å². The predicted octanol–water partition coefficient (Wildman–Crippen LogP) is 5.86. The van der Waals surface area contributed by atoms with Crippen LogP contribution in [0, 0.1) is 0 Å². The molecule has 0 aliphatic rings. The Morgan fingerprint density at radius 1 is 1.00 bits per heavy atom. The Kier molecular flexibility index (Phi) is 8.46. The second-order valence-corrected chi connectivity index (χ2v) is 7.25. The maximum absolute atomic E-state index is 12.3. The Hall–Kier alpha value is -3.35. The minimum atomic E-state index is -0.490. The van der Waals surface area contributed by atoms with Crippen molar-refractivity contribution in [1.82, 2.24) is 15.3 Å². The molecule has 2 aromatic heterocycles. The lowest BCUT2D eigenvalue weighted by Gasteiger charge is -2.12. The topological polar surface area (TPSA) is 86.5 Å².